The number of alkyl halides is 3. The van der Waals surface area contributed by atoms with Crippen molar-refractivity contribution in [3.05, 3.63) is 40.5 Å². The van der Waals surface area contributed by atoms with Crippen LogP contribution in [0.2, 0.25) is 0 Å². The van der Waals surface area contributed by atoms with E-state index in [9.17, 15) is 13.2 Å². The first kappa shape index (κ1) is 19.9. The summed E-state index contributed by atoms with van der Waals surface area (Å²) in [4.78, 5) is 15.3. The second-order valence-electron chi connectivity index (χ2n) is 7.97. The van der Waals surface area contributed by atoms with E-state index < -0.39 is 17.7 Å². The molecule has 9 heteroatoms. The third-order valence-corrected chi connectivity index (χ3v) is 5.99. The SMILES string of the molecule is Cc1cc(C(F)(F)F)c(C2Cc3ncnc(N4CCNCC4)c3CC2C)nc1N. The van der Waals surface area contributed by atoms with Crippen molar-refractivity contribution >= 4 is 11.6 Å². The van der Waals surface area contributed by atoms with E-state index >= 15 is 0 Å². The van der Waals surface area contributed by atoms with Crippen molar-refractivity contribution in [1.29, 1.82) is 0 Å². The number of hydrogen-bond acceptors (Lipinski definition) is 6. The number of hydrogen-bond donors (Lipinski definition) is 2. The Labute approximate surface area is 167 Å². The number of fused-ring (bicyclic) bond motifs is 1. The number of nitrogen functional groups attached to an aromatic ring is 1. The number of aryl methyl sites for hydroxylation is 1. The zero-order chi connectivity index (χ0) is 20.8. The van der Waals surface area contributed by atoms with Crippen LogP contribution in [0.25, 0.3) is 0 Å². The van der Waals surface area contributed by atoms with Gasteiger partial charge in [0.2, 0.25) is 0 Å². The van der Waals surface area contributed by atoms with Crippen LogP contribution in [0.3, 0.4) is 0 Å². The van der Waals surface area contributed by atoms with E-state index in [1.807, 2.05) is 6.92 Å². The number of nitrogens with one attached hydrogen (secondary N) is 1. The Bertz CT molecular complexity index is 908. The van der Waals surface area contributed by atoms with Crippen molar-refractivity contribution in [2.75, 3.05) is 36.8 Å². The predicted octanol–water partition coefficient (Wildman–Crippen LogP) is 2.71. The Hall–Kier alpha value is -2.42. The number of anilines is 2. The van der Waals surface area contributed by atoms with Gasteiger partial charge in [-0.25, -0.2) is 15.0 Å². The van der Waals surface area contributed by atoms with E-state index in [0.717, 1.165) is 49.3 Å². The lowest BCUT2D eigenvalue weighted by atomic mass is 9.75. The second kappa shape index (κ2) is 7.44. The van der Waals surface area contributed by atoms with Gasteiger partial charge >= 0.3 is 6.18 Å². The first-order chi connectivity index (χ1) is 13.8. The molecule has 1 aliphatic heterocycles. The minimum absolute atomic E-state index is 0.0288. The molecule has 4 rings (SSSR count). The van der Waals surface area contributed by atoms with Crippen LogP contribution in [0.1, 0.15) is 40.9 Å². The second-order valence-corrected chi connectivity index (χ2v) is 7.97. The molecular weight excluding hydrogens is 381 g/mol. The Morgan fingerprint density at radius 1 is 1.17 bits per heavy atom. The molecule has 0 amide bonds. The van der Waals surface area contributed by atoms with Gasteiger partial charge in [0.05, 0.1) is 11.3 Å². The average Bonchev–Trinajstić information content (AvgIpc) is 2.69. The number of pyridine rings is 1. The van der Waals surface area contributed by atoms with Crippen molar-refractivity contribution in [2.45, 2.75) is 38.8 Å². The third-order valence-electron chi connectivity index (χ3n) is 5.99. The van der Waals surface area contributed by atoms with Crippen molar-refractivity contribution in [3.63, 3.8) is 0 Å². The summed E-state index contributed by atoms with van der Waals surface area (Å²) < 4.78 is 41.2. The van der Waals surface area contributed by atoms with Crippen LogP contribution < -0.4 is 16.0 Å². The number of nitrogens with two attached hydrogens (primary N) is 1. The maximum absolute atomic E-state index is 13.7. The van der Waals surface area contributed by atoms with E-state index in [1.165, 1.54) is 6.33 Å². The van der Waals surface area contributed by atoms with E-state index in [1.54, 1.807) is 6.92 Å². The monoisotopic (exact) mass is 406 g/mol. The van der Waals surface area contributed by atoms with Crippen LogP contribution in [0.4, 0.5) is 24.8 Å². The summed E-state index contributed by atoms with van der Waals surface area (Å²) in [6.07, 6.45) is -1.94. The molecule has 3 N–H and O–H groups in total. The molecule has 0 radical (unpaired) electrons. The molecule has 2 aliphatic rings. The van der Waals surface area contributed by atoms with E-state index in [0.29, 0.717) is 18.4 Å². The Morgan fingerprint density at radius 2 is 1.90 bits per heavy atom. The zero-order valence-corrected chi connectivity index (χ0v) is 16.6. The minimum atomic E-state index is -4.47. The molecule has 29 heavy (non-hydrogen) atoms. The molecule has 3 heterocycles. The highest BCUT2D eigenvalue weighted by Gasteiger charge is 2.40. The Morgan fingerprint density at radius 3 is 2.59 bits per heavy atom. The van der Waals surface area contributed by atoms with Crippen LogP contribution in [0.15, 0.2) is 12.4 Å². The van der Waals surface area contributed by atoms with Gasteiger partial charge < -0.3 is 16.0 Å². The van der Waals surface area contributed by atoms with Gasteiger partial charge in [-0.1, -0.05) is 6.92 Å². The summed E-state index contributed by atoms with van der Waals surface area (Å²) >= 11 is 0. The van der Waals surface area contributed by atoms with Crippen LogP contribution in [-0.2, 0) is 19.0 Å². The van der Waals surface area contributed by atoms with Crippen molar-refractivity contribution in [3.8, 4) is 0 Å². The third kappa shape index (κ3) is 3.75. The minimum Gasteiger partial charge on any atom is -0.383 e. The quantitative estimate of drug-likeness (QED) is 0.798. The summed E-state index contributed by atoms with van der Waals surface area (Å²) in [5.74, 6) is 0.628. The maximum Gasteiger partial charge on any atom is 0.418 e. The van der Waals surface area contributed by atoms with Gasteiger partial charge in [-0.05, 0) is 37.3 Å². The molecule has 0 aromatic carbocycles. The number of halogens is 3. The zero-order valence-electron chi connectivity index (χ0n) is 16.6. The van der Waals surface area contributed by atoms with Gasteiger partial charge in [-0.15, -0.1) is 0 Å². The molecule has 2 unspecified atom stereocenters. The van der Waals surface area contributed by atoms with Gasteiger partial charge in [0.15, 0.2) is 0 Å². The number of piperazine rings is 1. The fraction of sp³-hybridized carbons (Fsp3) is 0.550. The van der Waals surface area contributed by atoms with E-state index in [4.69, 9.17) is 5.73 Å². The molecule has 2 aromatic rings. The van der Waals surface area contributed by atoms with Gasteiger partial charge in [0, 0.05) is 43.4 Å². The van der Waals surface area contributed by atoms with Gasteiger partial charge in [0.25, 0.3) is 0 Å². The van der Waals surface area contributed by atoms with Gasteiger partial charge in [-0.3, -0.25) is 0 Å². The predicted molar refractivity (Wildman–Crippen MR) is 105 cm³/mol. The fourth-order valence-electron chi connectivity index (χ4n) is 4.36. The molecule has 1 fully saturated rings. The highest BCUT2D eigenvalue weighted by Crippen LogP contribution is 2.43. The average molecular weight is 406 g/mol. The largest absolute Gasteiger partial charge is 0.418 e. The molecule has 0 saturated carbocycles. The first-order valence-corrected chi connectivity index (χ1v) is 9.88. The lowest BCUT2D eigenvalue weighted by molar-refractivity contribution is -0.138. The van der Waals surface area contributed by atoms with Crippen LogP contribution >= 0.6 is 0 Å². The van der Waals surface area contributed by atoms with E-state index in [2.05, 4.69) is 25.2 Å². The summed E-state index contributed by atoms with van der Waals surface area (Å²) in [5, 5.41) is 3.32. The standard InChI is InChI=1S/C20H25F3N6/c1-11-7-14-16(26-10-27-19(14)29-5-3-25-4-6-29)9-13(11)17-15(20(21,22)23)8-12(2)18(24)28-17/h8,10-11,13,25H,3-7,9H2,1-2H3,(H2,24,28). The summed E-state index contributed by atoms with van der Waals surface area (Å²) in [5.41, 5.74) is 7.42. The first-order valence-electron chi connectivity index (χ1n) is 9.88. The topological polar surface area (TPSA) is 80.0 Å². The number of rotatable bonds is 2. The van der Waals surface area contributed by atoms with Gasteiger partial charge in [0.1, 0.15) is 18.0 Å². The molecule has 1 saturated heterocycles. The van der Waals surface area contributed by atoms with Crippen molar-refractivity contribution in [2.24, 2.45) is 5.92 Å². The summed E-state index contributed by atoms with van der Waals surface area (Å²) in [6.45, 7) is 7.01. The van der Waals surface area contributed by atoms with Crippen LogP contribution in [0, 0.1) is 12.8 Å². The fourth-order valence-corrected chi connectivity index (χ4v) is 4.36. The highest BCUT2D eigenvalue weighted by molar-refractivity contribution is 5.52. The lowest BCUT2D eigenvalue weighted by Crippen LogP contribution is -2.44. The molecule has 2 atom stereocenters. The molecule has 0 bridgehead atoms. The van der Waals surface area contributed by atoms with Gasteiger partial charge in [-0.2, -0.15) is 13.2 Å². The molecule has 0 spiro atoms. The maximum atomic E-state index is 13.7. The Balaban J connectivity index is 1.73. The molecule has 2 aromatic heterocycles. The smallest absolute Gasteiger partial charge is 0.383 e. The van der Waals surface area contributed by atoms with Crippen LogP contribution in [-0.4, -0.2) is 41.1 Å². The molecular formula is C20H25F3N6. The Kier molecular flexibility index (Phi) is 5.10. The molecule has 1 aliphatic carbocycles. The number of aromatic nitrogens is 3. The summed E-state index contributed by atoms with van der Waals surface area (Å²) in [7, 11) is 0. The highest BCUT2D eigenvalue weighted by atomic mass is 19.4. The molecule has 156 valence electrons. The number of nitrogens with zero attached hydrogens (tertiary/aromatic N) is 4. The van der Waals surface area contributed by atoms with Crippen LogP contribution in [0.5, 0.6) is 0 Å². The van der Waals surface area contributed by atoms with Crippen molar-refractivity contribution < 1.29 is 13.2 Å². The van der Waals surface area contributed by atoms with E-state index in [-0.39, 0.29) is 17.4 Å². The lowest BCUT2D eigenvalue weighted by Gasteiger charge is -2.35. The normalized spacial score (nSPS) is 22.4. The molecule has 6 nitrogen and oxygen atoms in total. The van der Waals surface area contributed by atoms with Crippen molar-refractivity contribution in [1.82, 2.24) is 20.3 Å². The summed E-state index contributed by atoms with van der Waals surface area (Å²) in [6, 6.07) is 1.12.